The molecule has 2 N–H and O–H groups in total. The first-order valence-corrected chi connectivity index (χ1v) is 6.89. The van der Waals surface area contributed by atoms with Gasteiger partial charge in [-0.25, -0.2) is 0 Å². The van der Waals surface area contributed by atoms with Crippen molar-refractivity contribution in [2.45, 2.75) is 56.7 Å². The number of hydrogen-bond donors (Lipinski definition) is 2. The lowest BCUT2D eigenvalue weighted by molar-refractivity contribution is 0.220. The highest BCUT2D eigenvalue weighted by molar-refractivity contribution is 6.29. The summed E-state index contributed by atoms with van der Waals surface area (Å²) in [6.07, 6.45) is 4.78. The molecule has 5 heteroatoms. The Morgan fingerprint density at radius 1 is 1.22 bits per heavy atom. The Bertz CT molecular complexity index is 431. The van der Waals surface area contributed by atoms with Gasteiger partial charge in [0.05, 0.1) is 0 Å². The number of piperidine rings is 1. The molecule has 1 aromatic heterocycles. The largest absolute Gasteiger partial charge is 0.366 e. The molecule has 18 heavy (non-hydrogen) atoms. The third kappa shape index (κ3) is 2.31. The molecule has 0 aliphatic carbocycles. The van der Waals surface area contributed by atoms with E-state index in [-0.39, 0.29) is 11.1 Å². The summed E-state index contributed by atoms with van der Waals surface area (Å²) >= 11 is 5.74. The minimum atomic E-state index is 0.268. The van der Waals surface area contributed by atoms with E-state index in [0.29, 0.717) is 11.2 Å². The van der Waals surface area contributed by atoms with Crippen molar-refractivity contribution in [3.8, 4) is 0 Å². The fourth-order valence-corrected chi connectivity index (χ4v) is 3.68. The zero-order valence-electron chi connectivity index (χ0n) is 10.8. The minimum absolute atomic E-state index is 0.268. The summed E-state index contributed by atoms with van der Waals surface area (Å²) < 4.78 is 0. The van der Waals surface area contributed by atoms with Crippen LogP contribution in [0.15, 0.2) is 12.1 Å². The molecule has 0 amide bonds. The van der Waals surface area contributed by atoms with Gasteiger partial charge in [0.1, 0.15) is 5.82 Å². The Balaban J connectivity index is 1.72. The van der Waals surface area contributed by atoms with E-state index < -0.39 is 0 Å². The van der Waals surface area contributed by atoms with E-state index in [1.165, 1.54) is 12.8 Å². The summed E-state index contributed by atoms with van der Waals surface area (Å²) in [6.45, 7) is 4.64. The van der Waals surface area contributed by atoms with Gasteiger partial charge in [-0.2, -0.15) is 0 Å². The normalized spacial score (nSPS) is 38.7. The first-order chi connectivity index (χ1) is 8.46. The van der Waals surface area contributed by atoms with E-state index in [9.17, 15) is 0 Å². The fourth-order valence-electron chi connectivity index (χ4n) is 3.58. The average Bonchev–Trinajstić information content (AvgIpc) is 2.51. The Kier molecular flexibility index (Phi) is 2.75. The van der Waals surface area contributed by atoms with Gasteiger partial charge < -0.3 is 10.6 Å². The van der Waals surface area contributed by atoms with E-state index in [0.717, 1.165) is 18.7 Å². The molecular weight excluding hydrogens is 248 g/mol. The first kappa shape index (κ1) is 12.2. The molecule has 2 fully saturated rings. The molecule has 3 atom stereocenters. The summed E-state index contributed by atoms with van der Waals surface area (Å²) in [4.78, 5) is 0. The predicted octanol–water partition coefficient (Wildman–Crippen LogP) is 2.61. The van der Waals surface area contributed by atoms with Crippen molar-refractivity contribution < 1.29 is 0 Å². The SMILES string of the molecule is C[C@]12CC[C@](C)(C[C@@H](Nc3ccc(Cl)nn3)C1)N2. The fraction of sp³-hybridized carbons (Fsp3) is 0.692. The number of hydrogen-bond acceptors (Lipinski definition) is 4. The molecule has 2 bridgehead atoms. The molecule has 2 saturated heterocycles. The zero-order chi connectivity index (χ0) is 12.8. The highest BCUT2D eigenvalue weighted by atomic mass is 35.5. The van der Waals surface area contributed by atoms with Crippen LogP contribution in [0.25, 0.3) is 0 Å². The number of anilines is 1. The van der Waals surface area contributed by atoms with E-state index >= 15 is 0 Å². The lowest BCUT2D eigenvalue weighted by atomic mass is 9.85. The van der Waals surface area contributed by atoms with Crippen molar-refractivity contribution >= 4 is 17.4 Å². The smallest absolute Gasteiger partial charge is 0.151 e. The maximum Gasteiger partial charge on any atom is 0.151 e. The molecule has 4 nitrogen and oxygen atoms in total. The third-order valence-electron chi connectivity index (χ3n) is 4.21. The van der Waals surface area contributed by atoms with E-state index in [2.05, 4.69) is 34.7 Å². The van der Waals surface area contributed by atoms with Crippen molar-refractivity contribution in [1.29, 1.82) is 0 Å². The predicted molar refractivity (Wildman–Crippen MR) is 72.9 cm³/mol. The maximum absolute atomic E-state index is 5.74. The molecule has 3 rings (SSSR count). The quantitative estimate of drug-likeness (QED) is 0.864. The monoisotopic (exact) mass is 266 g/mol. The number of nitrogens with one attached hydrogen (secondary N) is 2. The molecule has 0 radical (unpaired) electrons. The van der Waals surface area contributed by atoms with Crippen molar-refractivity contribution in [2.75, 3.05) is 5.32 Å². The second kappa shape index (κ2) is 4.07. The van der Waals surface area contributed by atoms with Crippen molar-refractivity contribution in [3.05, 3.63) is 17.3 Å². The van der Waals surface area contributed by atoms with Gasteiger partial charge >= 0.3 is 0 Å². The van der Waals surface area contributed by atoms with Crippen LogP contribution in [0.4, 0.5) is 5.82 Å². The van der Waals surface area contributed by atoms with E-state index in [1.54, 1.807) is 6.07 Å². The van der Waals surface area contributed by atoms with Gasteiger partial charge in [-0.05, 0) is 51.7 Å². The van der Waals surface area contributed by atoms with Crippen LogP contribution >= 0.6 is 11.6 Å². The Morgan fingerprint density at radius 2 is 1.89 bits per heavy atom. The number of halogens is 1. The highest BCUT2D eigenvalue weighted by Crippen LogP contribution is 2.42. The molecule has 3 heterocycles. The van der Waals surface area contributed by atoms with Crippen LogP contribution in [-0.4, -0.2) is 27.3 Å². The molecule has 0 saturated carbocycles. The van der Waals surface area contributed by atoms with Gasteiger partial charge in [-0.1, -0.05) is 11.6 Å². The average molecular weight is 267 g/mol. The molecule has 0 unspecified atom stereocenters. The van der Waals surface area contributed by atoms with Crippen LogP contribution in [0.5, 0.6) is 0 Å². The number of fused-ring (bicyclic) bond motifs is 2. The Hall–Kier alpha value is -0.870. The molecule has 98 valence electrons. The van der Waals surface area contributed by atoms with Gasteiger partial charge in [0.25, 0.3) is 0 Å². The number of aromatic nitrogens is 2. The van der Waals surface area contributed by atoms with Crippen molar-refractivity contribution in [3.63, 3.8) is 0 Å². The number of rotatable bonds is 2. The molecule has 2 aliphatic rings. The van der Waals surface area contributed by atoms with Crippen LogP contribution < -0.4 is 10.6 Å². The second-order valence-corrected chi connectivity index (χ2v) is 6.62. The summed E-state index contributed by atoms with van der Waals surface area (Å²) in [5, 5.41) is 15.6. The van der Waals surface area contributed by atoms with Crippen LogP contribution in [-0.2, 0) is 0 Å². The van der Waals surface area contributed by atoms with Crippen molar-refractivity contribution in [1.82, 2.24) is 15.5 Å². The van der Waals surface area contributed by atoms with E-state index in [4.69, 9.17) is 11.6 Å². The van der Waals surface area contributed by atoms with Gasteiger partial charge in [0, 0.05) is 17.1 Å². The number of nitrogens with zero attached hydrogens (tertiary/aromatic N) is 2. The summed E-state index contributed by atoms with van der Waals surface area (Å²) in [5.41, 5.74) is 0.537. The minimum Gasteiger partial charge on any atom is -0.366 e. The summed E-state index contributed by atoms with van der Waals surface area (Å²) in [7, 11) is 0. The third-order valence-corrected chi connectivity index (χ3v) is 4.41. The zero-order valence-corrected chi connectivity index (χ0v) is 11.6. The van der Waals surface area contributed by atoms with Gasteiger partial charge in [0.15, 0.2) is 5.15 Å². The molecule has 2 aliphatic heterocycles. The topological polar surface area (TPSA) is 49.8 Å². The van der Waals surface area contributed by atoms with Crippen LogP contribution in [0.2, 0.25) is 5.15 Å². The Morgan fingerprint density at radius 3 is 2.44 bits per heavy atom. The lowest BCUT2D eigenvalue weighted by Crippen LogP contribution is -2.56. The van der Waals surface area contributed by atoms with Crippen LogP contribution in [0, 0.1) is 0 Å². The lowest BCUT2D eigenvalue weighted by Gasteiger charge is -2.42. The first-order valence-electron chi connectivity index (χ1n) is 6.52. The molecule has 0 aromatic carbocycles. The standard InChI is InChI=1S/C13H19ClN4/c1-12-5-6-13(2,18-12)8-9(7-12)15-11-4-3-10(14)16-17-11/h3-4,9,18H,5-8H2,1-2H3,(H,15,17)/t9-,12-,13+. The summed E-state index contributed by atoms with van der Waals surface area (Å²) in [5.74, 6) is 0.818. The second-order valence-electron chi connectivity index (χ2n) is 6.24. The molecular formula is C13H19ClN4. The van der Waals surface area contributed by atoms with Gasteiger partial charge in [-0.15, -0.1) is 10.2 Å². The molecule has 0 spiro atoms. The van der Waals surface area contributed by atoms with E-state index in [1.807, 2.05) is 6.07 Å². The van der Waals surface area contributed by atoms with Crippen molar-refractivity contribution in [2.24, 2.45) is 0 Å². The van der Waals surface area contributed by atoms with Gasteiger partial charge in [-0.3, -0.25) is 0 Å². The Labute approximate surface area is 113 Å². The maximum atomic E-state index is 5.74. The molecule has 1 aromatic rings. The summed E-state index contributed by atoms with van der Waals surface area (Å²) in [6, 6.07) is 4.12. The van der Waals surface area contributed by atoms with Crippen LogP contribution in [0.1, 0.15) is 39.5 Å². The van der Waals surface area contributed by atoms with Gasteiger partial charge in [0.2, 0.25) is 0 Å². The van der Waals surface area contributed by atoms with Crippen LogP contribution in [0.3, 0.4) is 0 Å². The highest BCUT2D eigenvalue weighted by Gasteiger charge is 2.48.